The van der Waals surface area contributed by atoms with Gasteiger partial charge in [-0.15, -0.1) is 0 Å². The Morgan fingerprint density at radius 1 is 1.26 bits per heavy atom. The second kappa shape index (κ2) is 6.00. The maximum atomic E-state index is 11.3. The normalized spacial score (nSPS) is 10.7. The minimum atomic E-state index is -1.01. The Hall–Kier alpha value is -3.02. The van der Waals surface area contributed by atoms with Crippen LogP contribution in [0.5, 0.6) is 11.5 Å². The molecular weight excluding hydrogens is 296 g/mol. The Morgan fingerprint density at radius 2 is 2.00 bits per heavy atom. The molecule has 0 fully saturated rings. The number of ether oxygens (including phenoxy) is 2. The molecule has 0 unspecified atom stereocenters. The molecule has 6 heteroatoms. The van der Waals surface area contributed by atoms with Crippen molar-refractivity contribution < 1.29 is 19.4 Å². The standard InChI is InChI=1S/C17H16N2O4/c1-11-15(17(20)21)19-9-3-4-14(16(19)18-11)23-10-12-5-7-13(22-2)8-6-12/h3-9H,10H2,1-2H3,(H,20,21). The maximum absolute atomic E-state index is 11.3. The van der Waals surface area contributed by atoms with E-state index >= 15 is 0 Å². The predicted molar refractivity (Wildman–Crippen MR) is 84.2 cm³/mol. The summed E-state index contributed by atoms with van der Waals surface area (Å²) in [6, 6.07) is 11.1. The molecule has 0 aliphatic rings. The van der Waals surface area contributed by atoms with Crippen LogP contribution in [-0.4, -0.2) is 27.6 Å². The molecule has 0 aliphatic carbocycles. The highest BCUT2D eigenvalue weighted by molar-refractivity contribution is 5.88. The Labute approximate surface area is 132 Å². The van der Waals surface area contributed by atoms with Crippen molar-refractivity contribution in [3.63, 3.8) is 0 Å². The van der Waals surface area contributed by atoms with Crippen LogP contribution in [0.25, 0.3) is 5.65 Å². The zero-order valence-corrected chi connectivity index (χ0v) is 12.8. The van der Waals surface area contributed by atoms with Crippen molar-refractivity contribution in [3.8, 4) is 11.5 Å². The summed E-state index contributed by atoms with van der Waals surface area (Å²) in [7, 11) is 1.62. The number of hydrogen-bond acceptors (Lipinski definition) is 4. The zero-order valence-electron chi connectivity index (χ0n) is 12.8. The van der Waals surface area contributed by atoms with E-state index < -0.39 is 5.97 Å². The highest BCUT2D eigenvalue weighted by Gasteiger charge is 2.17. The van der Waals surface area contributed by atoms with Crippen LogP contribution in [0, 0.1) is 6.92 Å². The molecule has 2 heterocycles. The maximum Gasteiger partial charge on any atom is 0.354 e. The Balaban J connectivity index is 1.88. The van der Waals surface area contributed by atoms with Crippen molar-refractivity contribution in [3.05, 3.63) is 59.5 Å². The van der Waals surface area contributed by atoms with Crippen molar-refractivity contribution >= 4 is 11.6 Å². The van der Waals surface area contributed by atoms with Crippen LogP contribution in [0.3, 0.4) is 0 Å². The molecule has 0 amide bonds. The molecule has 0 aliphatic heterocycles. The number of benzene rings is 1. The minimum Gasteiger partial charge on any atom is -0.497 e. The first-order valence-corrected chi connectivity index (χ1v) is 7.07. The van der Waals surface area contributed by atoms with Crippen LogP contribution in [0.15, 0.2) is 42.6 Å². The number of aromatic carboxylic acids is 1. The largest absolute Gasteiger partial charge is 0.497 e. The smallest absolute Gasteiger partial charge is 0.354 e. The lowest BCUT2D eigenvalue weighted by atomic mass is 10.2. The van der Waals surface area contributed by atoms with Gasteiger partial charge in [0.05, 0.1) is 12.8 Å². The van der Waals surface area contributed by atoms with Crippen molar-refractivity contribution in [2.45, 2.75) is 13.5 Å². The van der Waals surface area contributed by atoms with Crippen LogP contribution < -0.4 is 9.47 Å². The number of carboxylic acid groups (broad SMARTS) is 1. The van der Waals surface area contributed by atoms with E-state index in [2.05, 4.69) is 4.98 Å². The Bertz CT molecular complexity index is 853. The predicted octanol–water partition coefficient (Wildman–Crippen LogP) is 2.93. The summed E-state index contributed by atoms with van der Waals surface area (Å²) >= 11 is 0. The highest BCUT2D eigenvalue weighted by Crippen LogP contribution is 2.23. The number of aromatic nitrogens is 2. The molecule has 23 heavy (non-hydrogen) atoms. The second-order valence-electron chi connectivity index (χ2n) is 5.05. The van der Waals surface area contributed by atoms with Crippen molar-refractivity contribution in [1.29, 1.82) is 0 Å². The number of methoxy groups -OCH3 is 1. The summed E-state index contributed by atoms with van der Waals surface area (Å²) in [5, 5.41) is 9.29. The van der Waals surface area contributed by atoms with Crippen molar-refractivity contribution in [2.24, 2.45) is 0 Å². The van der Waals surface area contributed by atoms with Gasteiger partial charge in [0.1, 0.15) is 12.4 Å². The van der Waals surface area contributed by atoms with E-state index in [9.17, 15) is 9.90 Å². The molecule has 0 radical (unpaired) electrons. The third-order valence-electron chi connectivity index (χ3n) is 3.54. The molecule has 0 saturated heterocycles. The van der Waals surface area contributed by atoms with Gasteiger partial charge in [-0.05, 0) is 36.8 Å². The minimum absolute atomic E-state index is 0.148. The van der Waals surface area contributed by atoms with E-state index in [4.69, 9.17) is 9.47 Å². The monoisotopic (exact) mass is 312 g/mol. The molecule has 0 saturated carbocycles. The Kier molecular flexibility index (Phi) is 3.89. The lowest BCUT2D eigenvalue weighted by Gasteiger charge is -2.08. The molecule has 3 aromatic rings. The molecular formula is C17H16N2O4. The number of rotatable bonds is 5. The molecule has 1 N–H and O–H groups in total. The molecule has 6 nitrogen and oxygen atoms in total. The summed E-state index contributed by atoms with van der Waals surface area (Å²) in [6.07, 6.45) is 1.67. The third kappa shape index (κ3) is 2.83. The summed E-state index contributed by atoms with van der Waals surface area (Å²) in [4.78, 5) is 15.6. The number of carbonyl (C=O) groups is 1. The number of nitrogens with zero attached hydrogens (tertiary/aromatic N) is 2. The number of aryl methyl sites for hydroxylation is 1. The third-order valence-corrected chi connectivity index (χ3v) is 3.54. The zero-order chi connectivity index (χ0) is 16.4. The van der Waals surface area contributed by atoms with Crippen LogP contribution in [0.1, 0.15) is 21.7 Å². The topological polar surface area (TPSA) is 73.1 Å². The molecule has 0 bridgehead atoms. The van der Waals surface area contributed by atoms with E-state index in [0.29, 0.717) is 23.7 Å². The van der Waals surface area contributed by atoms with Crippen LogP contribution in [-0.2, 0) is 6.61 Å². The second-order valence-corrected chi connectivity index (χ2v) is 5.05. The van der Waals surface area contributed by atoms with Crippen molar-refractivity contribution in [2.75, 3.05) is 7.11 Å². The first-order chi connectivity index (χ1) is 11.1. The van der Waals surface area contributed by atoms with Crippen LogP contribution in [0.4, 0.5) is 0 Å². The number of imidazole rings is 1. The molecule has 3 rings (SSSR count). The Morgan fingerprint density at radius 3 is 2.65 bits per heavy atom. The van der Waals surface area contributed by atoms with E-state index in [1.165, 1.54) is 4.40 Å². The SMILES string of the molecule is COc1ccc(COc2cccn3c(C(=O)O)c(C)nc23)cc1. The summed E-state index contributed by atoms with van der Waals surface area (Å²) in [6.45, 7) is 2.03. The molecule has 0 atom stereocenters. The molecule has 0 spiro atoms. The van der Waals surface area contributed by atoms with E-state index in [1.807, 2.05) is 24.3 Å². The fraction of sp³-hybridized carbons (Fsp3) is 0.176. The summed E-state index contributed by atoms with van der Waals surface area (Å²) < 4.78 is 12.5. The van der Waals surface area contributed by atoms with Crippen molar-refractivity contribution in [1.82, 2.24) is 9.38 Å². The average molecular weight is 312 g/mol. The number of carboxylic acids is 1. The number of pyridine rings is 1. The number of hydrogen-bond donors (Lipinski definition) is 1. The summed E-state index contributed by atoms with van der Waals surface area (Å²) in [5.41, 5.74) is 2.08. The van der Waals surface area contributed by atoms with Gasteiger partial charge in [-0.1, -0.05) is 12.1 Å². The quantitative estimate of drug-likeness (QED) is 0.784. The lowest BCUT2D eigenvalue weighted by Crippen LogP contribution is -2.04. The average Bonchev–Trinajstić information content (AvgIpc) is 2.90. The van der Waals surface area contributed by atoms with Gasteiger partial charge in [-0.25, -0.2) is 9.78 Å². The van der Waals surface area contributed by atoms with Gasteiger partial charge in [0, 0.05) is 6.20 Å². The van der Waals surface area contributed by atoms with Gasteiger partial charge in [0.25, 0.3) is 0 Å². The fourth-order valence-electron chi connectivity index (χ4n) is 2.41. The first-order valence-electron chi connectivity index (χ1n) is 7.07. The first kappa shape index (κ1) is 14.9. The van der Waals surface area contributed by atoms with Gasteiger partial charge < -0.3 is 14.6 Å². The molecule has 1 aromatic carbocycles. The highest BCUT2D eigenvalue weighted by atomic mass is 16.5. The van der Waals surface area contributed by atoms with Gasteiger partial charge >= 0.3 is 5.97 Å². The van der Waals surface area contributed by atoms with E-state index in [-0.39, 0.29) is 5.69 Å². The van der Waals surface area contributed by atoms with Gasteiger partial charge in [0.15, 0.2) is 17.1 Å². The summed E-state index contributed by atoms with van der Waals surface area (Å²) in [5.74, 6) is 0.312. The van der Waals surface area contributed by atoms with E-state index in [0.717, 1.165) is 11.3 Å². The number of fused-ring (bicyclic) bond motifs is 1. The van der Waals surface area contributed by atoms with Crippen LogP contribution in [0.2, 0.25) is 0 Å². The van der Waals surface area contributed by atoms with Crippen LogP contribution >= 0.6 is 0 Å². The van der Waals surface area contributed by atoms with Gasteiger partial charge in [-0.2, -0.15) is 0 Å². The lowest BCUT2D eigenvalue weighted by molar-refractivity contribution is 0.0688. The van der Waals surface area contributed by atoms with Gasteiger partial charge in [0.2, 0.25) is 0 Å². The van der Waals surface area contributed by atoms with Gasteiger partial charge in [-0.3, -0.25) is 4.40 Å². The molecule has 118 valence electrons. The molecule has 2 aromatic heterocycles. The fourth-order valence-corrected chi connectivity index (χ4v) is 2.41. The van der Waals surface area contributed by atoms with E-state index in [1.54, 1.807) is 32.4 Å².